The van der Waals surface area contributed by atoms with E-state index in [0.717, 1.165) is 13.0 Å². The Morgan fingerprint density at radius 3 is 2.73 bits per heavy atom. The number of nitrogens with zero attached hydrogens (tertiary/aromatic N) is 1. The van der Waals surface area contributed by atoms with Crippen LogP contribution in [0.5, 0.6) is 0 Å². The summed E-state index contributed by atoms with van der Waals surface area (Å²) in [4.78, 5) is 4.08. The van der Waals surface area contributed by atoms with Gasteiger partial charge in [0.1, 0.15) is 0 Å². The molecular formula is C8H14BrNO. The fourth-order valence-corrected chi connectivity index (χ4v) is 1.55. The van der Waals surface area contributed by atoms with Crippen molar-refractivity contribution in [3.8, 4) is 0 Å². The van der Waals surface area contributed by atoms with Gasteiger partial charge in [0.15, 0.2) is 0 Å². The molecule has 11 heavy (non-hydrogen) atoms. The van der Waals surface area contributed by atoms with Crippen LogP contribution in [0.4, 0.5) is 0 Å². The van der Waals surface area contributed by atoms with Gasteiger partial charge in [0, 0.05) is 6.04 Å². The van der Waals surface area contributed by atoms with Crippen LogP contribution < -0.4 is 0 Å². The minimum absolute atomic E-state index is 0.307. The fourth-order valence-electron chi connectivity index (χ4n) is 1.21. The third-order valence-electron chi connectivity index (χ3n) is 2.02. The average Bonchev–Trinajstić information content (AvgIpc) is 2.37. The molecule has 0 aromatic rings. The second-order valence-corrected chi connectivity index (χ2v) is 3.57. The Morgan fingerprint density at radius 2 is 2.27 bits per heavy atom. The zero-order valence-electron chi connectivity index (χ0n) is 6.96. The molecule has 1 fully saturated rings. The molecule has 2 nitrogen and oxygen atoms in total. The van der Waals surface area contributed by atoms with Gasteiger partial charge in [-0.15, -0.1) is 0 Å². The molecule has 0 amide bonds. The summed E-state index contributed by atoms with van der Waals surface area (Å²) in [5, 5.41) is 0. The quantitative estimate of drug-likeness (QED) is 0.701. The Hall–Kier alpha value is 0.140. The molecular weight excluding hydrogens is 206 g/mol. The molecule has 0 saturated carbocycles. The summed E-state index contributed by atoms with van der Waals surface area (Å²) >= 11 is 3.24. The highest BCUT2D eigenvalue weighted by Gasteiger charge is 2.24. The molecule has 1 aliphatic heterocycles. The van der Waals surface area contributed by atoms with Crippen molar-refractivity contribution in [2.45, 2.75) is 18.6 Å². The minimum Gasteiger partial charge on any atom is -0.372 e. The summed E-state index contributed by atoms with van der Waals surface area (Å²) in [6.07, 6.45) is 3.46. The van der Waals surface area contributed by atoms with E-state index in [0.29, 0.717) is 12.1 Å². The van der Waals surface area contributed by atoms with E-state index in [1.165, 1.54) is 0 Å². The van der Waals surface area contributed by atoms with Crippen LogP contribution >= 0.6 is 15.9 Å². The van der Waals surface area contributed by atoms with E-state index in [1.54, 1.807) is 0 Å². The standard InChI is InChI=1S/C8H14BrNO/c1-10(2)7-5-8(3-4-9)11-6-7/h3-4,7-8H,5-6H2,1-2H3. The maximum atomic E-state index is 5.51. The van der Waals surface area contributed by atoms with E-state index in [2.05, 4.69) is 34.9 Å². The summed E-state index contributed by atoms with van der Waals surface area (Å²) in [5.74, 6) is 0. The van der Waals surface area contributed by atoms with Gasteiger partial charge in [-0.3, -0.25) is 0 Å². The lowest BCUT2D eigenvalue weighted by Crippen LogP contribution is -2.27. The Kier molecular flexibility index (Phi) is 3.55. The molecule has 0 spiro atoms. The largest absolute Gasteiger partial charge is 0.372 e. The average molecular weight is 220 g/mol. The molecule has 0 aromatic heterocycles. The molecule has 64 valence electrons. The molecule has 0 aromatic carbocycles. The lowest BCUT2D eigenvalue weighted by atomic mass is 10.2. The van der Waals surface area contributed by atoms with Crippen LogP contribution in [0.2, 0.25) is 0 Å². The Bertz CT molecular complexity index is 147. The van der Waals surface area contributed by atoms with Crippen LogP contribution in [0.3, 0.4) is 0 Å². The molecule has 2 unspecified atom stereocenters. The highest BCUT2D eigenvalue weighted by Crippen LogP contribution is 2.17. The summed E-state index contributed by atoms with van der Waals surface area (Å²) in [5.41, 5.74) is 0. The number of likely N-dealkylation sites (N-methyl/N-ethyl adjacent to an activating group) is 1. The highest BCUT2D eigenvalue weighted by molar-refractivity contribution is 9.11. The van der Waals surface area contributed by atoms with Crippen molar-refractivity contribution in [1.82, 2.24) is 4.90 Å². The van der Waals surface area contributed by atoms with E-state index in [-0.39, 0.29) is 0 Å². The maximum Gasteiger partial charge on any atom is 0.0780 e. The molecule has 1 aliphatic rings. The summed E-state index contributed by atoms with van der Waals surface area (Å²) in [6.45, 7) is 0.856. The highest BCUT2D eigenvalue weighted by atomic mass is 79.9. The molecule has 0 radical (unpaired) electrons. The van der Waals surface area contributed by atoms with Crippen molar-refractivity contribution in [3.05, 3.63) is 11.1 Å². The first-order valence-electron chi connectivity index (χ1n) is 3.79. The zero-order valence-corrected chi connectivity index (χ0v) is 8.54. The van der Waals surface area contributed by atoms with Gasteiger partial charge < -0.3 is 9.64 Å². The number of rotatable bonds is 2. The smallest absolute Gasteiger partial charge is 0.0780 e. The van der Waals surface area contributed by atoms with Crippen LogP contribution in [0.1, 0.15) is 6.42 Å². The first-order valence-corrected chi connectivity index (χ1v) is 4.70. The van der Waals surface area contributed by atoms with Gasteiger partial charge in [-0.1, -0.05) is 15.9 Å². The number of halogens is 1. The second-order valence-electron chi connectivity index (χ2n) is 3.04. The van der Waals surface area contributed by atoms with Crippen molar-refractivity contribution in [2.24, 2.45) is 0 Å². The van der Waals surface area contributed by atoms with Gasteiger partial charge in [-0.25, -0.2) is 0 Å². The lowest BCUT2D eigenvalue weighted by Gasteiger charge is -2.15. The van der Waals surface area contributed by atoms with Crippen LogP contribution in [-0.4, -0.2) is 37.7 Å². The molecule has 1 heterocycles. The Labute approximate surface area is 76.3 Å². The van der Waals surface area contributed by atoms with Crippen molar-refractivity contribution in [3.63, 3.8) is 0 Å². The monoisotopic (exact) mass is 219 g/mol. The van der Waals surface area contributed by atoms with Crippen molar-refractivity contribution < 1.29 is 4.74 Å². The molecule has 0 bridgehead atoms. The van der Waals surface area contributed by atoms with Crippen LogP contribution in [0.15, 0.2) is 11.1 Å². The predicted octanol–water partition coefficient (Wildman–Crippen LogP) is 1.61. The minimum atomic E-state index is 0.307. The number of ether oxygens (including phenoxy) is 1. The fraction of sp³-hybridized carbons (Fsp3) is 0.750. The number of hydrogen-bond donors (Lipinski definition) is 0. The lowest BCUT2D eigenvalue weighted by molar-refractivity contribution is 0.132. The summed E-state index contributed by atoms with van der Waals surface area (Å²) < 4.78 is 5.51. The molecule has 2 atom stereocenters. The Balaban J connectivity index is 2.34. The van der Waals surface area contributed by atoms with E-state index < -0.39 is 0 Å². The first-order chi connectivity index (χ1) is 5.24. The normalized spacial score (nSPS) is 32.4. The van der Waals surface area contributed by atoms with Gasteiger partial charge in [0.2, 0.25) is 0 Å². The van der Waals surface area contributed by atoms with Gasteiger partial charge in [-0.05, 0) is 31.6 Å². The van der Waals surface area contributed by atoms with Crippen molar-refractivity contribution >= 4 is 15.9 Å². The summed E-state index contributed by atoms with van der Waals surface area (Å²) in [6, 6.07) is 0.587. The van der Waals surface area contributed by atoms with Crippen molar-refractivity contribution in [2.75, 3.05) is 20.7 Å². The van der Waals surface area contributed by atoms with Crippen molar-refractivity contribution in [1.29, 1.82) is 0 Å². The number of hydrogen-bond acceptors (Lipinski definition) is 2. The Morgan fingerprint density at radius 1 is 1.55 bits per heavy atom. The van der Waals surface area contributed by atoms with Gasteiger partial charge in [0.25, 0.3) is 0 Å². The van der Waals surface area contributed by atoms with E-state index >= 15 is 0 Å². The molecule has 0 N–H and O–H groups in total. The van der Waals surface area contributed by atoms with Crippen LogP contribution in [-0.2, 0) is 4.74 Å². The van der Waals surface area contributed by atoms with Gasteiger partial charge >= 0.3 is 0 Å². The molecule has 1 saturated heterocycles. The maximum absolute atomic E-state index is 5.51. The van der Waals surface area contributed by atoms with E-state index in [4.69, 9.17) is 4.74 Å². The zero-order chi connectivity index (χ0) is 8.27. The van der Waals surface area contributed by atoms with E-state index in [9.17, 15) is 0 Å². The van der Waals surface area contributed by atoms with Gasteiger partial charge in [-0.2, -0.15) is 0 Å². The molecule has 0 aliphatic carbocycles. The van der Waals surface area contributed by atoms with Crippen LogP contribution in [0.25, 0.3) is 0 Å². The SMILES string of the molecule is CN(C)C1COC(C=CBr)C1. The van der Waals surface area contributed by atoms with Crippen LogP contribution in [0, 0.1) is 0 Å². The third kappa shape index (κ3) is 2.58. The van der Waals surface area contributed by atoms with E-state index in [1.807, 2.05) is 11.1 Å². The molecule has 1 rings (SSSR count). The second kappa shape index (κ2) is 4.24. The van der Waals surface area contributed by atoms with Gasteiger partial charge in [0.05, 0.1) is 12.7 Å². The molecule has 3 heteroatoms. The first kappa shape index (κ1) is 9.23. The summed E-state index contributed by atoms with van der Waals surface area (Å²) in [7, 11) is 4.18. The predicted molar refractivity (Wildman–Crippen MR) is 49.9 cm³/mol. The third-order valence-corrected chi connectivity index (χ3v) is 2.33. The topological polar surface area (TPSA) is 12.5 Å².